The fourth-order valence-corrected chi connectivity index (χ4v) is 1.72. The van der Waals surface area contributed by atoms with Gasteiger partial charge in [0.25, 0.3) is 5.91 Å². The molecule has 2 nitrogen and oxygen atoms in total. The molecule has 1 rings (SSSR count). The molecule has 0 saturated carbocycles. The summed E-state index contributed by atoms with van der Waals surface area (Å²) in [5.74, 6) is 0.107. The lowest BCUT2D eigenvalue weighted by molar-refractivity contribution is 0.0773. The van der Waals surface area contributed by atoms with Crippen LogP contribution < -0.4 is 0 Å². The second-order valence-corrected chi connectivity index (χ2v) is 4.30. The van der Waals surface area contributed by atoms with Gasteiger partial charge in [0.05, 0.1) is 0 Å². The van der Waals surface area contributed by atoms with E-state index in [1.807, 2.05) is 43.9 Å². The number of carbonyl (C=O) groups excluding carboxylic acids is 1. The Balaban J connectivity index is 2.96. The monoisotopic (exact) mass is 269 g/mol. The lowest BCUT2D eigenvalue weighted by Gasteiger charge is -2.18. The maximum Gasteiger partial charge on any atom is 0.253 e. The molecule has 0 aliphatic heterocycles. The predicted octanol–water partition coefficient (Wildman–Crippen LogP) is 3.24. The smallest absolute Gasteiger partial charge is 0.253 e. The van der Waals surface area contributed by atoms with Gasteiger partial charge in [0.1, 0.15) is 0 Å². The molecule has 1 aromatic carbocycles. The van der Waals surface area contributed by atoms with Gasteiger partial charge in [0.2, 0.25) is 0 Å². The summed E-state index contributed by atoms with van der Waals surface area (Å²) in [6.07, 6.45) is 0. The first-order valence-corrected chi connectivity index (χ1v) is 5.94. The van der Waals surface area contributed by atoms with Crippen molar-refractivity contribution in [2.45, 2.75) is 20.8 Å². The lowest BCUT2D eigenvalue weighted by Crippen LogP contribution is -2.30. The maximum atomic E-state index is 12.0. The summed E-state index contributed by atoms with van der Waals surface area (Å²) in [7, 11) is 0. The highest BCUT2D eigenvalue weighted by atomic mass is 79.9. The molecule has 0 N–H and O–H groups in total. The second kappa shape index (κ2) is 5.31. The molecule has 0 heterocycles. The third-order valence-electron chi connectivity index (χ3n) is 2.46. The van der Waals surface area contributed by atoms with Crippen LogP contribution in [0.3, 0.4) is 0 Å². The van der Waals surface area contributed by atoms with E-state index in [-0.39, 0.29) is 5.91 Å². The van der Waals surface area contributed by atoms with Crippen molar-refractivity contribution in [3.8, 4) is 0 Å². The summed E-state index contributed by atoms with van der Waals surface area (Å²) < 4.78 is 1.04. The van der Waals surface area contributed by atoms with Gasteiger partial charge in [-0.05, 0) is 44.5 Å². The molecule has 0 atom stereocenters. The third-order valence-corrected chi connectivity index (χ3v) is 3.35. The van der Waals surface area contributed by atoms with Crippen molar-refractivity contribution < 1.29 is 4.79 Å². The quantitative estimate of drug-likeness (QED) is 0.825. The Morgan fingerprint density at radius 1 is 1.33 bits per heavy atom. The first-order chi connectivity index (χ1) is 7.10. The summed E-state index contributed by atoms with van der Waals surface area (Å²) >= 11 is 3.42. The number of nitrogens with zero attached hydrogens (tertiary/aromatic N) is 1. The van der Waals surface area contributed by atoms with E-state index < -0.39 is 0 Å². The zero-order valence-corrected chi connectivity index (χ0v) is 11.0. The molecule has 15 heavy (non-hydrogen) atoms. The van der Waals surface area contributed by atoms with E-state index in [4.69, 9.17) is 0 Å². The van der Waals surface area contributed by atoms with Gasteiger partial charge in [0.15, 0.2) is 0 Å². The number of benzene rings is 1. The summed E-state index contributed by atoms with van der Waals surface area (Å²) in [5.41, 5.74) is 1.85. The summed E-state index contributed by atoms with van der Waals surface area (Å²) in [4.78, 5) is 13.8. The van der Waals surface area contributed by atoms with E-state index in [0.29, 0.717) is 0 Å². The fraction of sp³-hybridized carbons (Fsp3) is 0.417. The minimum absolute atomic E-state index is 0.107. The Morgan fingerprint density at radius 2 is 1.93 bits per heavy atom. The molecule has 3 heteroatoms. The molecular formula is C12H16BrNO. The van der Waals surface area contributed by atoms with Crippen LogP contribution in [0.2, 0.25) is 0 Å². The number of hydrogen-bond acceptors (Lipinski definition) is 1. The van der Waals surface area contributed by atoms with Gasteiger partial charge in [-0.2, -0.15) is 0 Å². The van der Waals surface area contributed by atoms with Crippen LogP contribution in [0.4, 0.5) is 0 Å². The lowest BCUT2D eigenvalue weighted by atomic mass is 10.1. The standard InChI is InChI=1S/C12H16BrNO/c1-4-14(5-2)12(15)10-6-7-11(13)9(3)8-10/h6-8H,4-5H2,1-3H3. The highest BCUT2D eigenvalue weighted by Crippen LogP contribution is 2.18. The third kappa shape index (κ3) is 2.81. The molecule has 0 radical (unpaired) electrons. The van der Waals surface area contributed by atoms with E-state index in [2.05, 4.69) is 15.9 Å². The molecule has 1 aromatic rings. The zero-order valence-electron chi connectivity index (χ0n) is 9.38. The molecule has 0 bridgehead atoms. The van der Waals surface area contributed by atoms with E-state index in [9.17, 15) is 4.79 Å². The van der Waals surface area contributed by atoms with E-state index in [0.717, 1.165) is 28.7 Å². The van der Waals surface area contributed by atoms with Crippen molar-refractivity contribution in [3.63, 3.8) is 0 Å². The van der Waals surface area contributed by atoms with Crippen molar-refractivity contribution in [1.82, 2.24) is 4.90 Å². The predicted molar refractivity (Wildman–Crippen MR) is 66.1 cm³/mol. The first kappa shape index (κ1) is 12.2. The molecule has 0 spiro atoms. The Labute approximate surface area is 99.4 Å². The molecule has 82 valence electrons. The van der Waals surface area contributed by atoms with Crippen LogP contribution in [-0.2, 0) is 0 Å². The highest BCUT2D eigenvalue weighted by Gasteiger charge is 2.12. The molecule has 0 aliphatic carbocycles. The minimum atomic E-state index is 0.107. The van der Waals surface area contributed by atoms with E-state index in [1.54, 1.807) is 0 Å². The Bertz CT molecular complexity index is 359. The number of amides is 1. The molecule has 0 fully saturated rings. The van der Waals surface area contributed by atoms with Gasteiger partial charge in [-0.3, -0.25) is 4.79 Å². The number of hydrogen-bond donors (Lipinski definition) is 0. The number of carbonyl (C=O) groups is 1. The van der Waals surface area contributed by atoms with Crippen LogP contribution >= 0.6 is 15.9 Å². The Morgan fingerprint density at radius 3 is 2.40 bits per heavy atom. The van der Waals surface area contributed by atoms with Gasteiger partial charge < -0.3 is 4.90 Å². The number of halogens is 1. The summed E-state index contributed by atoms with van der Waals surface area (Å²) in [6.45, 7) is 7.48. The summed E-state index contributed by atoms with van der Waals surface area (Å²) in [5, 5.41) is 0. The van der Waals surface area contributed by atoms with Crippen molar-refractivity contribution in [2.24, 2.45) is 0 Å². The Hall–Kier alpha value is -0.830. The van der Waals surface area contributed by atoms with Crippen LogP contribution in [0.25, 0.3) is 0 Å². The van der Waals surface area contributed by atoms with Gasteiger partial charge in [0, 0.05) is 23.1 Å². The van der Waals surface area contributed by atoms with Gasteiger partial charge in [-0.1, -0.05) is 15.9 Å². The van der Waals surface area contributed by atoms with Crippen molar-refractivity contribution >= 4 is 21.8 Å². The van der Waals surface area contributed by atoms with Gasteiger partial charge >= 0.3 is 0 Å². The van der Waals surface area contributed by atoms with Crippen LogP contribution in [0.5, 0.6) is 0 Å². The molecule has 0 saturated heterocycles. The van der Waals surface area contributed by atoms with Crippen LogP contribution in [-0.4, -0.2) is 23.9 Å². The van der Waals surface area contributed by atoms with Crippen LogP contribution in [0.15, 0.2) is 22.7 Å². The van der Waals surface area contributed by atoms with Crippen LogP contribution in [0.1, 0.15) is 29.8 Å². The average Bonchev–Trinajstić information content (AvgIpc) is 2.23. The van der Waals surface area contributed by atoms with Crippen molar-refractivity contribution in [2.75, 3.05) is 13.1 Å². The maximum absolute atomic E-state index is 12.0. The van der Waals surface area contributed by atoms with Gasteiger partial charge in [-0.15, -0.1) is 0 Å². The number of aryl methyl sites for hydroxylation is 1. The molecule has 1 amide bonds. The zero-order chi connectivity index (χ0) is 11.4. The molecule has 0 unspecified atom stereocenters. The molecule has 0 aliphatic rings. The SMILES string of the molecule is CCN(CC)C(=O)c1ccc(Br)c(C)c1. The first-order valence-electron chi connectivity index (χ1n) is 5.15. The van der Waals surface area contributed by atoms with Crippen molar-refractivity contribution in [1.29, 1.82) is 0 Å². The summed E-state index contributed by atoms with van der Waals surface area (Å²) in [6, 6.07) is 5.70. The van der Waals surface area contributed by atoms with E-state index in [1.165, 1.54) is 0 Å². The largest absolute Gasteiger partial charge is 0.339 e. The second-order valence-electron chi connectivity index (χ2n) is 3.44. The fourth-order valence-electron chi connectivity index (χ4n) is 1.47. The average molecular weight is 270 g/mol. The Kier molecular flexibility index (Phi) is 4.33. The minimum Gasteiger partial charge on any atom is -0.339 e. The van der Waals surface area contributed by atoms with Crippen molar-refractivity contribution in [3.05, 3.63) is 33.8 Å². The van der Waals surface area contributed by atoms with Gasteiger partial charge in [-0.25, -0.2) is 0 Å². The van der Waals surface area contributed by atoms with E-state index >= 15 is 0 Å². The highest BCUT2D eigenvalue weighted by molar-refractivity contribution is 9.10. The van der Waals surface area contributed by atoms with Crippen LogP contribution in [0, 0.1) is 6.92 Å². The molecule has 0 aromatic heterocycles. The molecular weight excluding hydrogens is 254 g/mol. The topological polar surface area (TPSA) is 20.3 Å². The number of rotatable bonds is 3. The normalized spacial score (nSPS) is 10.1.